The molecule has 0 aliphatic heterocycles. The summed E-state index contributed by atoms with van der Waals surface area (Å²) in [5.74, 6) is 0.338. The lowest BCUT2D eigenvalue weighted by Crippen LogP contribution is -2.17. The van der Waals surface area contributed by atoms with E-state index in [1.165, 1.54) is 48.9 Å². The van der Waals surface area contributed by atoms with Gasteiger partial charge in [-0.15, -0.1) is 0 Å². The molecule has 0 aliphatic rings. The van der Waals surface area contributed by atoms with Crippen LogP contribution >= 0.6 is 0 Å². The minimum Gasteiger partial charge on any atom is -0.309 e. The minimum absolute atomic E-state index is 0.338. The Morgan fingerprint density at radius 3 is 1.78 bits per heavy atom. The van der Waals surface area contributed by atoms with Crippen molar-refractivity contribution in [2.75, 3.05) is 0 Å². The fourth-order valence-corrected chi connectivity index (χ4v) is 10.2. The molecule has 2 N–H and O–H groups in total. The topological polar surface area (TPSA) is 62.0 Å². The number of aromatic nitrogens is 3. The Morgan fingerprint density at radius 2 is 0.966 bits per heavy atom. The number of para-hydroxylation sites is 4. The Bertz CT molecular complexity index is 3930. The number of rotatable bonds is 4. The second-order valence-corrected chi connectivity index (χ2v) is 15.6. The Hall–Kier alpha value is -8.02. The molecule has 0 aliphatic carbocycles. The third-order valence-electron chi connectivity index (χ3n) is 12.6. The Balaban J connectivity index is 1.06. The maximum atomic E-state index is 10.2. The molecule has 0 bridgehead atoms. The zero-order valence-corrected chi connectivity index (χ0v) is 31.7. The molecule has 4 aromatic heterocycles. The lowest BCUT2D eigenvalue weighted by Gasteiger charge is -2.15. The molecule has 0 saturated carbocycles. The molecular formula is C54H33N5. The van der Waals surface area contributed by atoms with Crippen LogP contribution in [-0.2, 0) is 0 Å². The van der Waals surface area contributed by atoms with Crippen molar-refractivity contribution in [2.45, 2.75) is 0 Å². The molecule has 0 unspecified atom stereocenters. The van der Waals surface area contributed by atoms with E-state index in [2.05, 4.69) is 171 Å². The molecular weight excluding hydrogens is 719 g/mol. The minimum atomic E-state index is 0.338. The van der Waals surface area contributed by atoms with Crippen LogP contribution in [0.25, 0.3) is 98.2 Å². The summed E-state index contributed by atoms with van der Waals surface area (Å²) in [4.78, 5) is 0. The molecule has 5 nitrogen and oxygen atoms in total. The highest BCUT2D eigenvalue weighted by molar-refractivity contribution is 6.40. The lowest BCUT2D eigenvalue weighted by molar-refractivity contribution is 1.18. The maximum Gasteiger partial charge on any atom is 0.137 e. The van der Waals surface area contributed by atoms with Crippen molar-refractivity contribution < 1.29 is 0 Å². The van der Waals surface area contributed by atoms with Crippen molar-refractivity contribution in [3.05, 3.63) is 205 Å². The highest BCUT2D eigenvalue weighted by Crippen LogP contribution is 2.48. The maximum absolute atomic E-state index is 10.2. The van der Waals surface area contributed by atoms with Crippen molar-refractivity contribution in [2.24, 2.45) is 0 Å². The zero-order chi connectivity index (χ0) is 38.9. The highest BCUT2D eigenvalue weighted by atomic mass is 15.0. The first-order chi connectivity index (χ1) is 29.2. The van der Waals surface area contributed by atoms with Crippen molar-refractivity contribution >= 4 is 104 Å². The van der Waals surface area contributed by atoms with E-state index in [9.17, 15) is 10.8 Å². The van der Waals surface area contributed by atoms with E-state index in [4.69, 9.17) is 0 Å². The van der Waals surface area contributed by atoms with E-state index in [0.717, 1.165) is 54.9 Å². The summed E-state index contributed by atoms with van der Waals surface area (Å²) < 4.78 is 6.87. The fraction of sp³-hybridized carbons (Fsp3) is 0. The zero-order valence-electron chi connectivity index (χ0n) is 31.7. The lowest BCUT2D eigenvalue weighted by atomic mass is 9.95. The number of nitrogens with zero attached hydrogens (tertiary/aromatic N) is 3. The molecule has 59 heavy (non-hydrogen) atoms. The third kappa shape index (κ3) is 4.23. The van der Waals surface area contributed by atoms with Gasteiger partial charge in [0, 0.05) is 65.5 Å². The number of fused-ring (bicyclic) bond motifs is 15. The summed E-state index contributed by atoms with van der Waals surface area (Å²) in [7, 11) is 0. The van der Waals surface area contributed by atoms with Gasteiger partial charge in [0.15, 0.2) is 0 Å². The van der Waals surface area contributed by atoms with Gasteiger partial charge in [0.25, 0.3) is 0 Å². The normalized spacial score (nSPS) is 12.2. The van der Waals surface area contributed by atoms with Gasteiger partial charge >= 0.3 is 0 Å². The van der Waals surface area contributed by atoms with Crippen molar-refractivity contribution in [1.82, 2.24) is 13.5 Å². The van der Waals surface area contributed by atoms with Crippen LogP contribution in [0.2, 0.25) is 0 Å². The predicted molar refractivity (Wildman–Crippen MR) is 247 cm³/mol. The van der Waals surface area contributed by atoms with Gasteiger partial charge < -0.3 is 8.97 Å². The summed E-state index contributed by atoms with van der Waals surface area (Å²) in [5, 5.41) is 31.7. The molecule has 9 aromatic carbocycles. The molecule has 0 fully saturated rings. The number of nitrogens with one attached hydrogen (secondary N) is 2. The van der Waals surface area contributed by atoms with Gasteiger partial charge in [-0.2, -0.15) is 0 Å². The van der Waals surface area contributed by atoms with Crippen molar-refractivity contribution in [1.29, 1.82) is 10.8 Å². The first kappa shape index (κ1) is 32.1. The van der Waals surface area contributed by atoms with Crippen molar-refractivity contribution in [3.63, 3.8) is 0 Å². The number of hydrogen-bond donors (Lipinski definition) is 2. The largest absolute Gasteiger partial charge is 0.309 e. The first-order valence-electron chi connectivity index (χ1n) is 20.0. The average Bonchev–Trinajstić information content (AvgIpc) is 4.02. The highest BCUT2D eigenvalue weighted by Gasteiger charge is 2.27. The van der Waals surface area contributed by atoms with Gasteiger partial charge in [-0.05, 0) is 65.4 Å². The monoisotopic (exact) mass is 751 g/mol. The standard InChI is InChI=1S/C54H33N5/c55-52(33-27-28-46-41(30-33)36-18-8-11-23-43(36)57(46)34-15-2-1-3-16-34)38-20-6-7-21-39(38)54(56)59-45-25-13-10-22-40(45)50-48(59)31-42-37-19-9-12-24-44(37)58-47-29-26-32-14-4-5-17-35(32)49(47)51(50)53(42)58/h1-31,55-56H. The molecule has 13 rings (SSSR count). The summed E-state index contributed by atoms with van der Waals surface area (Å²) in [6.07, 6.45) is 0. The van der Waals surface area contributed by atoms with Gasteiger partial charge in [0.05, 0.1) is 44.3 Å². The van der Waals surface area contributed by atoms with E-state index in [1.54, 1.807) is 0 Å². The number of benzene rings is 9. The SMILES string of the molecule is N=C(c1ccc2c(c1)c1ccccc1n2-c1ccccc1)c1ccccc1C(=N)n1c2ccccc2c2c3c4c5ccccc5ccc4n4c5ccccc5c(cc21)c34. The van der Waals surface area contributed by atoms with Gasteiger partial charge in [-0.3, -0.25) is 15.4 Å². The van der Waals surface area contributed by atoms with Crippen LogP contribution in [0.4, 0.5) is 0 Å². The Kier molecular flexibility index (Phi) is 6.40. The quantitative estimate of drug-likeness (QED) is 0.133. The molecule has 0 saturated heterocycles. The predicted octanol–water partition coefficient (Wildman–Crippen LogP) is 13.5. The molecule has 13 aromatic rings. The van der Waals surface area contributed by atoms with Gasteiger partial charge in [0.1, 0.15) is 5.84 Å². The van der Waals surface area contributed by atoms with E-state index >= 15 is 0 Å². The van der Waals surface area contributed by atoms with Crippen LogP contribution in [0.1, 0.15) is 16.7 Å². The summed E-state index contributed by atoms with van der Waals surface area (Å²) in [6.45, 7) is 0. The van der Waals surface area contributed by atoms with Crippen LogP contribution < -0.4 is 0 Å². The van der Waals surface area contributed by atoms with Crippen LogP contribution in [0.5, 0.6) is 0 Å². The van der Waals surface area contributed by atoms with Gasteiger partial charge in [-0.25, -0.2) is 0 Å². The Labute approximate surface area is 337 Å². The third-order valence-corrected chi connectivity index (χ3v) is 12.6. The van der Waals surface area contributed by atoms with Crippen LogP contribution in [0, 0.1) is 10.8 Å². The van der Waals surface area contributed by atoms with E-state index in [1.807, 2.05) is 30.3 Å². The first-order valence-corrected chi connectivity index (χ1v) is 20.0. The fourth-order valence-electron chi connectivity index (χ4n) is 10.2. The van der Waals surface area contributed by atoms with E-state index in [-0.39, 0.29) is 0 Å². The molecule has 0 amide bonds. The second kappa shape index (κ2) is 11.8. The van der Waals surface area contributed by atoms with Crippen LogP contribution in [0.15, 0.2) is 188 Å². The molecule has 0 spiro atoms. The Morgan fingerprint density at radius 1 is 0.373 bits per heavy atom. The molecule has 0 radical (unpaired) electrons. The van der Waals surface area contributed by atoms with Gasteiger partial charge in [0.2, 0.25) is 0 Å². The molecule has 5 heteroatoms. The smallest absolute Gasteiger partial charge is 0.137 e. The van der Waals surface area contributed by atoms with Gasteiger partial charge in [-0.1, -0.05) is 133 Å². The second-order valence-electron chi connectivity index (χ2n) is 15.6. The van der Waals surface area contributed by atoms with E-state index in [0.29, 0.717) is 22.7 Å². The molecule has 274 valence electrons. The molecule has 4 heterocycles. The van der Waals surface area contributed by atoms with Crippen LogP contribution in [0.3, 0.4) is 0 Å². The summed E-state index contributed by atoms with van der Waals surface area (Å²) in [6, 6.07) is 65.9. The summed E-state index contributed by atoms with van der Waals surface area (Å²) in [5.41, 5.74) is 11.5. The number of hydrogen-bond acceptors (Lipinski definition) is 2. The van der Waals surface area contributed by atoms with Crippen molar-refractivity contribution in [3.8, 4) is 5.69 Å². The summed E-state index contributed by atoms with van der Waals surface area (Å²) >= 11 is 0. The average molecular weight is 752 g/mol. The van der Waals surface area contributed by atoms with E-state index < -0.39 is 0 Å². The molecule has 0 atom stereocenters. The van der Waals surface area contributed by atoms with Crippen LogP contribution in [-0.4, -0.2) is 25.1 Å².